The van der Waals surface area contributed by atoms with Crippen molar-refractivity contribution in [2.45, 2.75) is 38.1 Å². The van der Waals surface area contributed by atoms with E-state index in [2.05, 4.69) is 5.32 Å². The maximum Gasteiger partial charge on any atom is 0.289 e. The summed E-state index contributed by atoms with van der Waals surface area (Å²) in [6, 6.07) is 4.14. The van der Waals surface area contributed by atoms with E-state index in [1.54, 1.807) is 7.05 Å². The molecule has 1 aromatic rings. The van der Waals surface area contributed by atoms with E-state index in [-0.39, 0.29) is 34.9 Å². The Morgan fingerprint density at radius 1 is 1.23 bits per heavy atom. The summed E-state index contributed by atoms with van der Waals surface area (Å²) in [4.78, 5) is 24.6. The fraction of sp³-hybridized carbons (Fsp3) is 0.632. The molecule has 1 heterocycles. The number of nitrogens with zero attached hydrogens (tertiary/aromatic N) is 4. The lowest BCUT2D eigenvalue weighted by Crippen LogP contribution is -2.55. The van der Waals surface area contributed by atoms with Crippen LogP contribution < -0.4 is 5.32 Å². The third-order valence-electron chi connectivity index (χ3n) is 5.90. The first kappa shape index (κ1) is 23.9. The Hall–Kier alpha value is -1.79. The van der Waals surface area contributed by atoms with Gasteiger partial charge in [-0.2, -0.15) is 17.0 Å². The number of carbonyl (C=O) groups is 1. The summed E-state index contributed by atoms with van der Waals surface area (Å²) in [7, 11) is -1.85. The topological polar surface area (TPSA) is 116 Å². The number of piperazine rings is 1. The van der Waals surface area contributed by atoms with Crippen molar-refractivity contribution in [1.82, 2.24) is 13.5 Å². The van der Waals surface area contributed by atoms with E-state index in [0.717, 1.165) is 32.1 Å². The van der Waals surface area contributed by atoms with Crippen molar-refractivity contribution >= 4 is 39.1 Å². The lowest BCUT2D eigenvalue weighted by atomic mass is 9.96. The van der Waals surface area contributed by atoms with Crippen molar-refractivity contribution in [2.24, 2.45) is 0 Å². The lowest BCUT2D eigenvalue weighted by molar-refractivity contribution is -0.384. The Bertz CT molecular complexity index is 914. The molecular weight excluding hydrogens is 446 g/mol. The van der Waals surface area contributed by atoms with Crippen LogP contribution in [0.15, 0.2) is 18.2 Å². The zero-order valence-corrected chi connectivity index (χ0v) is 19.1. The van der Waals surface area contributed by atoms with Gasteiger partial charge in [0.25, 0.3) is 15.9 Å². The predicted molar refractivity (Wildman–Crippen MR) is 118 cm³/mol. The van der Waals surface area contributed by atoms with E-state index in [1.807, 2.05) is 4.90 Å². The van der Waals surface area contributed by atoms with Crippen LogP contribution in [0.4, 0.5) is 11.4 Å². The van der Waals surface area contributed by atoms with E-state index >= 15 is 0 Å². The number of hydrogen-bond acceptors (Lipinski definition) is 6. The molecule has 1 saturated heterocycles. The minimum atomic E-state index is -3.52. The zero-order valence-electron chi connectivity index (χ0n) is 17.5. The van der Waals surface area contributed by atoms with Crippen molar-refractivity contribution in [1.29, 1.82) is 0 Å². The quantitative estimate of drug-likeness (QED) is 0.479. The largest absolute Gasteiger partial charge is 0.325 e. The molecule has 2 aliphatic rings. The van der Waals surface area contributed by atoms with Crippen molar-refractivity contribution < 1.29 is 18.1 Å². The molecule has 0 unspecified atom stereocenters. The summed E-state index contributed by atoms with van der Waals surface area (Å²) in [5.74, 6) is -0.327. The second-order valence-corrected chi connectivity index (χ2v) is 10.4. The van der Waals surface area contributed by atoms with E-state index in [0.29, 0.717) is 26.2 Å². The average molecular weight is 474 g/mol. The molecule has 12 heteroatoms. The van der Waals surface area contributed by atoms with Gasteiger partial charge in [0.05, 0.1) is 11.5 Å². The minimum absolute atomic E-state index is 0.00137. The first-order valence-corrected chi connectivity index (χ1v) is 12.1. The van der Waals surface area contributed by atoms with Gasteiger partial charge < -0.3 is 5.32 Å². The molecule has 3 rings (SSSR count). The van der Waals surface area contributed by atoms with Crippen LogP contribution in [0.1, 0.15) is 32.1 Å². The van der Waals surface area contributed by atoms with E-state index in [9.17, 15) is 23.3 Å². The number of amides is 1. The van der Waals surface area contributed by atoms with Gasteiger partial charge >= 0.3 is 0 Å². The monoisotopic (exact) mass is 473 g/mol. The van der Waals surface area contributed by atoms with Gasteiger partial charge in [0, 0.05) is 51.0 Å². The molecule has 0 spiro atoms. The second kappa shape index (κ2) is 10.2. The highest BCUT2D eigenvalue weighted by Gasteiger charge is 2.34. The molecule has 0 bridgehead atoms. The number of nitro groups is 1. The van der Waals surface area contributed by atoms with Gasteiger partial charge in [0.1, 0.15) is 5.02 Å². The molecule has 172 valence electrons. The summed E-state index contributed by atoms with van der Waals surface area (Å²) in [5.41, 5.74) is 0.0109. The molecule has 0 aromatic heterocycles. The van der Waals surface area contributed by atoms with Crippen LogP contribution in [0.5, 0.6) is 0 Å². The molecule has 0 radical (unpaired) electrons. The SMILES string of the molecule is CN(C1CCCCC1)S(=O)(=O)N1CCN(CC(=O)Nc2ccc(Cl)c([N+](=O)[O-])c2)CC1. The van der Waals surface area contributed by atoms with Crippen LogP contribution >= 0.6 is 11.6 Å². The maximum atomic E-state index is 13.0. The number of rotatable bonds is 7. The number of anilines is 1. The highest BCUT2D eigenvalue weighted by molar-refractivity contribution is 7.86. The summed E-state index contributed by atoms with van der Waals surface area (Å²) in [6.45, 7) is 1.58. The number of benzene rings is 1. The number of halogens is 1. The Morgan fingerprint density at radius 2 is 1.87 bits per heavy atom. The molecule has 1 aliphatic carbocycles. The summed E-state index contributed by atoms with van der Waals surface area (Å²) < 4.78 is 28.9. The highest BCUT2D eigenvalue weighted by atomic mass is 35.5. The zero-order chi connectivity index (χ0) is 22.6. The summed E-state index contributed by atoms with van der Waals surface area (Å²) >= 11 is 5.79. The Morgan fingerprint density at radius 3 is 2.48 bits per heavy atom. The van der Waals surface area contributed by atoms with Crippen molar-refractivity contribution in [3.63, 3.8) is 0 Å². The van der Waals surface area contributed by atoms with Gasteiger partial charge in [-0.1, -0.05) is 30.9 Å². The Kier molecular flexibility index (Phi) is 7.87. The molecule has 1 aromatic carbocycles. The average Bonchev–Trinajstić information content (AvgIpc) is 2.75. The van der Waals surface area contributed by atoms with Crippen molar-refractivity contribution in [3.8, 4) is 0 Å². The number of nitrogens with one attached hydrogen (secondary N) is 1. The van der Waals surface area contributed by atoms with Crippen LogP contribution in [0.2, 0.25) is 5.02 Å². The fourth-order valence-electron chi connectivity index (χ4n) is 4.07. The second-order valence-electron chi connectivity index (χ2n) is 7.96. The Labute approximate surface area is 187 Å². The number of carbonyl (C=O) groups excluding carboxylic acids is 1. The normalized spacial score (nSPS) is 19.5. The van der Waals surface area contributed by atoms with Crippen molar-refractivity contribution in [3.05, 3.63) is 33.3 Å². The number of nitro benzene ring substituents is 1. The van der Waals surface area contributed by atoms with Crippen molar-refractivity contribution in [2.75, 3.05) is 45.1 Å². The van der Waals surface area contributed by atoms with Crippen LogP contribution in [-0.2, 0) is 15.0 Å². The van der Waals surface area contributed by atoms with Gasteiger partial charge in [-0.05, 0) is 25.0 Å². The maximum absolute atomic E-state index is 13.0. The van der Waals surface area contributed by atoms with Gasteiger partial charge in [0.15, 0.2) is 0 Å². The fourth-order valence-corrected chi connectivity index (χ4v) is 5.83. The van der Waals surface area contributed by atoms with Crippen LogP contribution in [0, 0.1) is 10.1 Å². The molecule has 1 saturated carbocycles. The molecule has 0 atom stereocenters. The van der Waals surface area contributed by atoms with E-state index in [4.69, 9.17) is 11.6 Å². The smallest absolute Gasteiger partial charge is 0.289 e. The highest BCUT2D eigenvalue weighted by Crippen LogP contribution is 2.27. The van der Waals surface area contributed by atoms with Gasteiger partial charge in [0.2, 0.25) is 5.91 Å². The van der Waals surface area contributed by atoms with Gasteiger partial charge in [-0.15, -0.1) is 0 Å². The molecule has 1 amide bonds. The predicted octanol–water partition coefficient (Wildman–Crippen LogP) is 2.31. The minimum Gasteiger partial charge on any atom is -0.325 e. The van der Waals surface area contributed by atoms with Crippen LogP contribution in [-0.4, -0.2) is 78.6 Å². The van der Waals surface area contributed by atoms with E-state index in [1.165, 1.54) is 26.8 Å². The lowest BCUT2D eigenvalue weighted by Gasteiger charge is -2.38. The standard InChI is InChI=1S/C19H28ClN5O5S/c1-22(16-5-3-2-4-6-16)31(29,30)24-11-9-23(10-12-24)14-19(26)21-15-7-8-17(20)18(13-15)25(27)28/h7-8,13,16H,2-6,9-12,14H2,1H3,(H,21,26). The Balaban J connectivity index is 1.51. The number of hydrogen-bond donors (Lipinski definition) is 1. The molecule has 1 N–H and O–H groups in total. The first-order chi connectivity index (χ1) is 14.7. The van der Waals surface area contributed by atoms with Crippen LogP contribution in [0.3, 0.4) is 0 Å². The van der Waals surface area contributed by atoms with Crippen LogP contribution in [0.25, 0.3) is 0 Å². The summed E-state index contributed by atoms with van der Waals surface area (Å²) in [5, 5.41) is 13.6. The molecule has 2 fully saturated rings. The van der Waals surface area contributed by atoms with Gasteiger partial charge in [-0.3, -0.25) is 19.8 Å². The summed E-state index contributed by atoms with van der Waals surface area (Å²) in [6.07, 6.45) is 5.08. The third-order valence-corrected chi connectivity index (χ3v) is 8.27. The molecule has 10 nitrogen and oxygen atoms in total. The van der Waals surface area contributed by atoms with Gasteiger partial charge in [-0.25, -0.2) is 0 Å². The first-order valence-electron chi connectivity index (χ1n) is 10.4. The molecule has 1 aliphatic heterocycles. The molecular formula is C19H28ClN5O5S. The molecule has 31 heavy (non-hydrogen) atoms. The third kappa shape index (κ3) is 5.92. The van der Waals surface area contributed by atoms with E-state index < -0.39 is 15.1 Å².